The first-order valence-electron chi connectivity index (χ1n) is 7.38. The number of benzene rings is 2. The van der Waals surface area contributed by atoms with Crippen molar-refractivity contribution in [2.75, 3.05) is 5.32 Å². The van der Waals surface area contributed by atoms with Crippen LogP contribution in [0.4, 0.5) is 9.52 Å². The zero-order chi connectivity index (χ0) is 16.8. The number of amides is 1. The summed E-state index contributed by atoms with van der Waals surface area (Å²) in [5, 5.41) is 4.07. The van der Waals surface area contributed by atoms with Crippen LogP contribution in [0.3, 0.4) is 0 Å². The van der Waals surface area contributed by atoms with Gasteiger partial charge in [-0.3, -0.25) is 10.1 Å². The van der Waals surface area contributed by atoms with Crippen LogP contribution in [-0.2, 0) is 0 Å². The van der Waals surface area contributed by atoms with Crippen LogP contribution in [0.15, 0.2) is 40.8 Å². The summed E-state index contributed by atoms with van der Waals surface area (Å²) in [4.78, 5) is 16.8. The van der Waals surface area contributed by atoms with Crippen molar-refractivity contribution in [1.29, 1.82) is 0 Å². The highest BCUT2D eigenvalue weighted by Crippen LogP contribution is 2.29. The van der Waals surface area contributed by atoms with Gasteiger partial charge in [-0.05, 0) is 44.2 Å². The Labute approximate surface area is 140 Å². The standard InChI is InChI=1S/C18H13FN2O2S/c1-9-3-6-14-12(7-9)10(2)16(23-14)17(22)21-18-20-13-5-4-11(19)8-15(13)24-18/h3-8H,1-2H3,(H,20,21,22). The highest BCUT2D eigenvalue weighted by atomic mass is 32.1. The number of thiazole rings is 1. The van der Waals surface area contributed by atoms with E-state index in [0.29, 0.717) is 20.9 Å². The predicted octanol–water partition coefficient (Wildman–Crippen LogP) is 5.05. The Morgan fingerprint density at radius 2 is 2.04 bits per heavy atom. The van der Waals surface area contributed by atoms with Gasteiger partial charge >= 0.3 is 0 Å². The first-order chi connectivity index (χ1) is 11.5. The molecule has 2 aromatic heterocycles. The molecule has 1 N–H and O–H groups in total. The molecule has 0 unspecified atom stereocenters. The molecule has 0 spiro atoms. The smallest absolute Gasteiger partial charge is 0.293 e. The largest absolute Gasteiger partial charge is 0.451 e. The van der Waals surface area contributed by atoms with Crippen molar-refractivity contribution in [2.45, 2.75) is 13.8 Å². The highest BCUT2D eigenvalue weighted by Gasteiger charge is 2.19. The Balaban J connectivity index is 1.69. The zero-order valence-electron chi connectivity index (χ0n) is 13.0. The van der Waals surface area contributed by atoms with Gasteiger partial charge in [-0.2, -0.15) is 0 Å². The number of anilines is 1. The number of nitrogens with one attached hydrogen (secondary N) is 1. The van der Waals surface area contributed by atoms with E-state index in [1.165, 1.54) is 23.5 Å². The van der Waals surface area contributed by atoms with Gasteiger partial charge in [0.1, 0.15) is 11.4 Å². The van der Waals surface area contributed by atoms with Gasteiger partial charge in [0.25, 0.3) is 5.91 Å². The maximum Gasteiger partial charge on any atom is 0.293 e. The maximum absolute atomic E-state index is 13.3. The van der Waals surface area contributed by atoms with Crippen LogP contribution in [0.25, 0.3) is 21.2 Å². The van der Waals surface area contributed by atoms with E-state index in [1.54, 1.807) is 6.07 Å². The Bertz CT molecular complexity index is 1100. The SMILES string of the molecule is Cc1ccc2oc(C(=O)Nc3nc4ccc(F)cc4s3)c(C)c2c1. The molecule has 2 aromatic carbocycles. The first kappa shape index (κ1) is 14.8. The average Bonchev–Trinajstić information content (AvgIpc) is 3.08. The van der Waals surface area contributed by atoms with Crippen LogP contribution < -0.4 is 5.32 Å². The second-order valence-electron chi connectivity index (χ2n) is 5.64. The summed E-state index contributed by atoms with van der Waals surface area (Å²) >= 11 is 1.22. The van der Waals surface area contributed by atoms with Gasteiger partial charge in [0, 0.05) is 10.9 Å². The van der Waals surface area contributed by atoms with Gasteiger partial charge in [-0.25, -0.2) is 9.37 Å². The lowest BCUT2D eigenvalue weighted by molar-refractivity contribution is 0.0998. The molecule has 2 heterocycles. The molecule has 0 aliphatic rings. The number of nitrogens with zero attached hydrogens (tertiary/aromatic N) is 1. The minimum Gasteiger partial charge on any atom is -0.451 e. The summed E-state index contributed by atoms with van der Waals surface area (Å²) in [6.07, 6.45) is 0. The number of aromatic nitrogens is 1. The number of furan rings is 1. The number of fused-ring (bicyclic) bond motifs is 2. The molecular weight excluding hydrogens is 327 g/mol. The molecule has 0 aliphatic heterocycles. The zero-order valence-corrected chi connectivity index (χ0v) is 13.8. The van der Waals surface area contributed by atoms with E-state index in [2.05, 4.69) is 10.3 Å². The normalized spacial score (nSPS) is 11.3. The number of rotatable bonds is 2. The third-order valence-electron chi connectivity index (χ3n) is 3.87. The van der Waals surface area contributed by atoms with Gasteiger partial charge < -0.3 is 4.42 Å². The summed E-state index contributed by atoms with van der Waals surface area (Å²) in [5.74, 6) is -0.422. The van der Waals surface area contributed by atoms with Crippen LogP contribution in [0.2, 0.25) is 0 Å². The topological polar surface area (TPSA) is 55.1 Å². The van der Waals surface area contributed by atoms with Crippen LogP contribution in [0.1, 0.15) is 21.7 Å². The van der Waals surface area contributed by atoms with E-state index < -0.39 is 0 Å². The lowest BCUT2D eigenvalue weighted by atomic mass is 10.1. The summed E-state index contributed by atoms with van der Waals surface area (Å²) in [7, 11) is 0. The molecule has 6 heteroatoms. The third-order valence-corrected chi connectivity index (χ3v) is 4.80. The van der Waals surface area contributed by atoms with Crippen LogP contribution in [0, 0.1) is 19.7 Å². The van der Waals surface area contributed by atoms with Gasteiger partial charge in [-0.15, -0.1) is 0 Å². The third kappa shape index (κ3) is 2.45. The average molecular weight is 340 g/mol. The fraction of sp³-hybridized carbons (Fsp3) is 0.111. The molecule has 4 rings (SSSR count). The first-order valence-corrected chi connectivity index (χ1v) is 8.20. The Kier molecular flexibility index (Phi) is 3.35. The molecule has 4 aromatic rings. The molecule has 0 saturated heterocycles. The molecular formula is C18H13FN2O2S. The molecule has 120 valence electrons. The number of halogens is 1. The molecule has 0 atom stereocenters. The van der Waals surface area contributed by atoms with Crippen LogP contribution in [0.5, 0.6) is 0 Å². The lowest BCUT2D eigenvalue weighted by Crippen LogP contribution is -2.11. The van der Waals surface area contributed by atoms with E-state index in [9.17, 15) is 9.18 Å². The van der Waals surface area contributed by atoms with Crippen molar-refractivity contribution in [3.05, 3.63) is 59.1 Å². The fourth-order valence-corrected chi connectivity index (χ4v) is 3.54. The minimum absolute atomic E-state index is 0.265. The molecule has 24 heavy (non-hydrogen) atoms. The molecule has 0 saturated carbocycles. The summed E-state index contributed by atoms with van der Waals surface area (Å²) in [6.45, 7) is 3.85. The van der Waals surface area contributed by atoms with Crippen molar-refractivity contribution in [1.82, 2.24) is 4.98 Å². The van der Waals surface area contributed by atoms with E-state index in [1.807, 2.05) is 32.0 Å². The minimum atomic E-state index is -0.360. The van der Waals surface area contributed by atoms with E-state index >= 15 is 0 Å². The number of hydrogen-bond acceptors (Lipinski definition) is 4. The van der Waals surface area contributed by atoms with Crippen molar-refractivity contribution in [3.8, 4) is 0 Å². The fourth-order valence-electron chi connectivity index (χ4n) is 2.66. The van der Waals surface area contributed by atoms with Crippen LogP contribution >= 0.6 is 11.3 Å². The summed E-state index contributed by atoms with van der Waals surface area (Å²) in [5.41, 5.74) is 3.22. The molecule has 0 bridgehead atoms. The lowest BCUT2D eigenvalue weighted by Gasteiger charge is -1.98. The Morgan fingerprint density at radius 1 is 1.21 bits per heavy atom. The second kappa shape index (κ2) is 5.42. The number of aryl methyl sites for hydroxylation is 2. The number of carbonyl (C=O) groups is 1. The van der Waals surface area contributed by atoms with Crippen molar-refractivity contribution >= 4 is 43.6 Å². The molecule has 1 amide bonds. The Hall–Kier alpha value is -2.73. The van der Waals surface area contributed by atoms with E-state index in [0.717, 1.165) is 16.5 Å². The number of hydrogen-bond donors (Lipinski definition) is 1. The molecule has 0 fully saturated rings. The van der Waals surface area contributed by atoms with Gasteiger partial charge in [-0.1, -0.05) is 23.0 Å². The van der Waals surface area contributed by atoms with E-state index in [-0.39, 0.29) is 17.5 Å². The van der Waals surface area contributed by atoms with Crippen molar-refractivity contribution in [3.63, 3.8) is 0 Å². The van der Waals surface area contributed by atoms with Gasteiger partial charge in [0.05, 0.1) is 10.2 Å². The van der Waals surface area contributed by atoms with Gasteiger partial charge in [0.2, 0.25) is 0 Å². The second-order valence-corrected chi connectivity index (χ2v) is 6.67. The van der Waals surface area contributed by atoms with Gasteiger partial charge in [0.15, 0.2) is 10.9 Å². The summed E-state index contributed by atoms with van der Waals surface area (Å²) in [6, 6.07) is 10.1. The van der Waals surface area contributed by atoms with Crippen LogP contribution in [-0.4, -0.2) is 10.9 Å². The van der Waals surface area contributed by atoms with E-state index in [4.69, 9.17) is 4.42 Å². The summed E-state index contributed by atoms with van der Waals surface area (Å²) < 4.78 is 19.6. The Morgan fingerprint density at radius 3 is 2.88 bits per heavy atom. The maximum atomic E-state index is 13.3. The highest BCUT2D eigenvalue weighted by molar-refractivity contribution is 7.22. The molecule has 4 nitrogen and oxygen atoms in total. The predicted molar refractivity (Wildman–Crippen MR) is 93.2 cm³/mol. The monoisotopic (exact) mass is 340 g/mol. The number of carbonyl (C=O) groups excluding carboxylic acids is 1. The quantitative estimate of drug-likeness (QED) is 0.555. The molecule has 0 radical (unpaired) electrons. The van der Waals surface area contributed by atoms with Crippen molar-refractivity contribution < 1.29 is 13.6 Å². The van der Waals surface area contributed by atoms with Crippen molar-refractivity contribution in [2.24, 2.45) is 0 Å². The molecule has 0 aliphatic carbocycles.